The van der Waals surface area contributed by atoms with E-state index < -0.39 is 0 Å². The fourth-order valence-corrected chi connectivity index (χ4v) is 1.75. The summed E-state index contributed by atoms with van der Waals surface area (Å²) < 4.78 is 18.4. The van der Waals surface area contributed by atoms with Gasteiger partial charge in [-0.2, -0.15) is 0 Å². The minimum atomic E-state index is -0.241. The van der Waals surface area contributed by atoms with Gasteiger partial charge in [0, 0.05) is 28.9 Å². The summed E-state index contributed by atoms with van der Waals surface area (Å²) in [6.45, 7) is 0.470. The van der Waals surface area contributed by atoms with Crippen LogP contribution in [0, 0.1) is 5.82 Å². The molecule has 0 aliphatic carbocycles. The normalized spacial score (nSPS) is 14.9. The molecule has 0 saturated heterocycles. The molecule has 2 aromatic rings. The van der Waals surface area contributed by atoms with Crippen LogP contribution in [0.2, 0.25) is 0 Å². The van der Waals surface area contributed by atoms with Gasteiger partial charge in [0.1, 0.15) is 11.6 Å². The first kappa shape index (κ1) is 8.35. The number of ether oxygens (including phenoxy) is 1. The summed E-state index contributed by atoms with van der Waals surface area (Å²) >= 11 is 0. The maximum Gasteiger partial charge on any atom is 0.158 e. The zero-order valence-electron chi connectivity index (χ0n) is 7.88. The molecule has 0 saturated carbocycles. The highest BCUT2D eigenvalue weighted by atomic mass is 19.1. The number of halogens is 1. The molecule has 3 rings (SSSR count). The molecule has 3 nitrogen and oxygen atoms in total. The van der Waals surface area contributed by atoms with Crippen molar-refractivity contribution in [3.8, 4) is 0 Å². The van der Waals surface area contributed by atoms with Gasteiger partial charge in [0.25, 0.3) is 0 Å². The predicted octanol–water partition coefficient (Wildman–Crippen LogP) is 2.18. The second-order valence-corrected chi connectivity index (χ2v) is 3.39. The number of H-pyrrole nitrogens is 1. The first-order valence-electron chi connectivity index (χ1n) is 4.68. The molecule has 1 aliphatic rings. The van der Waals surface area contributed by atoms with Crippen LogP contribution in [0.1, 0.15) is 5.56 Å². The van der Waals surface area contributed by atoms with Gasteiger partial charge >= 0.3 is 0 Å². The van der Waals surface area contributed by atoms with E-state index in [1.807, 2.05) is 6.20 Å². The van der Waals surface area contributed by atoms with Crippen molar-refractivity contribution in [2.45, 2.75) is 0 Å². The summed E-state index contributed by atoms with van der Waals surface area (Å²) in [5.74, 6) is 0.502. The molecule has 2 N–H and O–H groups in total. The Balaban J connectivity index is 2.22. The topological polar surface area (TPSA) is 37.0 Å². The lowest BCUT2D eigenvalue weighted by Crippen LogP contribution is -1.98. The summed E-state index contributed by atoms with van der Waals surface area (Å²) in [6.07, 6.45) is 3.61. The van der Waals surface area contributed by atoms with Crippen molar-refractivity contribution in [2.24, 2.45) is 0 Å². The summed E-state index contributed by atoms with van der Waals surface area (Å²) in [5, 5.41) is 3.79. The Morgan fingerprint density at radius 3 is 3.07 bits per heavy atom. The summed E-state index contributed by atoms with van der Waals surface area (Å²) in [7, 11) is 0. The number of benzene rings is 1. The van der Waals surface area contributed by atoms with Gasteiger partial charge in [-0.25, -0.2) is 4.39 Å². The second kappa shape index (κ2) is 3.02. The number of aromatic amines is 1. The highest BCUT2D eigenvalue weighted by Crippen LogP contribution is 2.27. The Morgan fingerprint density at radius 2 is 2.27 bits per heavy atom. The lowest BCUT2D eigenvalue weighted by molar-refractivity contribution is 0.291. The Labute approximate surface area is 85.6 Å². The van der Waals surface area contributed by atoms with E-state index >= 15 is 0 Å². The maximum absolute atomic E-state index is 13.1. The minimum Gasteiger partial charge on any atom is -0.471 e. The average molecular weight is 204 g/mol. The number of hydrogen-bond donors (Lipinski definition) is 2. The molecule has 0 atom stereocenters. The molecule has 0 unspecified atom stereocenters. The first-order chi connectivity index (χ1) is 7.34. The number of aromatic nitrogens is 1. The molecule has 0 radical (unpaired) electrons. The van der Waals surface area contributed by atoms with Gasteiger partial charge in [0.15, 0.2) is 6.73 Å². The van der Waals surface area contributed by atoms with Gasteiger partial charge in [-0.05, 0) is 18.2 Å². The highest BCUT2D eigenvalue weighted by Gasteiger charge is 2.13. The van der Waals surface area contributed by atoms with Gasteiger partial charge in [0.2, 0.25) is 0 Å². The molecule has 0 bridgehead atoms. The zero-order chi connectivity index (χ0) is 10.3. The summed E-state index contributed by atoms with van der Waals surface area (Å²) in [4.78, 5) is 3.08. The lowest BCUT2D eigenvalue weighted by atomic mass is 10.1. The minimum absolute atomic E-state index is 0.241. The Bertz CT molecular complexity index is 545. The largest absolute Gasteiger partial charge is 0.471 e. The van der Waals surface area contributed by atoms with E-state index in [0.29, 0.717) is 6.73 Å². The molecule has 15 heavy (non-hydrogen) atoms. The Kier molecular flexibility index (Phi) is 1.68. The third-order valence-corrected chi connectivity index (χ3v) is 2.45. The first-order valence-corrected chi connectivity index (χ1v) is 4.68. The van der Waals surface area contributed by atoms with Crippen LogP contribution in [-0.4, -0.2) is 11.7 Å². The van der Waals surface area contributed by atoms with Crippen molar-refractivity contribution in [2.75, 3.05) is 6.73 Å². The molecular weight excluding hydrogens is 195 g/mol. The molecular formula is C11H9FN2O. The SMILES string of the molecule is Fc1ccc2[nH]cc(C3=CNCO3)c2c1. The van der Waals surface area contributed by atoms with Crippen LogP contribution in [0.5, 0.6) is 0 Å². The van der Waals surface area contributed by atoms with Crippen LogP contribution in [0.25, 0.3) is 16.7 Å². The molecule has 2 heterocycles. The molecule has 1 aliphatic heterocycles. The molecule has 1 aromatic carbocycles. The number of fused-ring (bicyclic) bond motifs is 1. The third-order valence-electron chi connectivity index (χ3n) is 2.45. The number of nitrogens with one attached hydrogen (secondary N) is 2. The number of rotatable bonds is 1. The second-order valence-electron chi connectivity index (χ2n) is 3.39. The van der Waals surface area contributed by atoms with Gasteiger partial charge in [-0.3, -0.25) is 0 Å². The highest BCUT2D eigenvalue weighted by molar-refractivity contribution is 5.91. The van der Waals surface area contributed by atoms with E-state index in [-0.39, 0.29) is 5.82 Å². The van der Waals surface area contributed by atoms with E-state index in [1.165, 1.54) is 12.1 Å². The van der Waals surface area contributed by atoms with Crippen molar-refractivity contribution >= 4 is 16.7 Å². The number of hydrogen-bond acceptors (Lipinski definition) is 2. The molecule has 0 amide bonds. The van der Waals surface area contributed by atoms with E-state index in [0.717, 1.165) is 22.2 Å². The van der Waals surface area contributed by atoms with Gasteiger partial charge in [0.05, 0.1) is 0 Å². The van der Waals surface area contributed by atoms with Crippen molar-refractivity contribution in [1.82, 2.24) is 10.3 Å². The van der Waals surface area contributed by atoms with Crippen LogP contribution in [0.15, 0.2) is 30.6 Å². The van der Waals surface area contributed by atoms with Crippen molar-refractivity contribution < 1.29 is 9.13 Å². The van der Waals surface area contributed by atoms with Gasteiger partial charge < -0.3 is 15.0 Å². The quantitative estimate of drug-likeness (QED) is 0.747. The van der Waals surface area contributed by atoms with Crippen LogP contribution >= 0.6 is 0 Å². The fraction of sp³-hybridized carbons (Fsp3) is 0.0909. The van der Waals surface area contributed by atoms with E-state index in [2.05, 4.69) is 10.3 Å². The third kappa shape index (κ3) is 1.26. The summed E-state index contributed by atoms with van der Waals surface area (Å²) in [6, 6.07) is 4.66. The molecule has 4 heteroatoms. The van der Waals surface area contributed by atoms with E-state index in [9.17, 15) is 4.39 Å². The van der Waals surface area contributed by atoms with Crippen LogP contribution < -0.4 is 5.32 Å². The Morgan fingerprint density at radius 1 is 1.33 bits per heavy atom. The molecule has 0 fully saturated rings. The summed E-state index contributed by atoms with van der Waals surface area (Å²) in [5.41, 5.74) is 1.79. The molecule has 0 spiro atoms. The lowest BCUT2D eigenvalue weighted by Gasteiger charge is -1.99. The monoisotopic (exact) mass is 204 g/mol. The average Bonchev–Trinajstić information content (AvgIpc) is 2.83. The van der Waals surface area contributed by atoms with E-state index in [4.69, 9.17) is 4.74 Å². The predicted molar refractivity (Wildman–Crippen MR) is 55.3 cm³/mol. The molecule has 1 aromatic heterocycles. The standard InChI is InChI=1S/C11H9FN2O/c12-7-1-2-10-8(3-7)9(4-14-10)11-5-13-6-15-11/h1-5,13-14H,6H2. The van der Waals surface area contributed by atoms with Crippen LogP contribution in [0.4, 0.5) is 4.39 Å². The van der Waals surface area contributed by atoms with Crippen LogP contribution in [-0.2, 0) is 4.74 Å². The van der Waals surface area contributed by atoms with Crippen molar-refractivity contribution in [3.05, 3.63) is 42.0 Å². The smallest absolute Gasteiger partial charge is 0.158 e. The zero-order valence-corrected chi connectivity index (χ0v) is 7.88. The maximum atomic E-state index is 13.1. The van der Waals surface area contributed by atoms with Crippen molar-refractivity contribution in [1.29, 1.82) is 0 Å². The van der Waals surface area contributed by atoms with Gasteiger partial charge in [-0.15, -0.1) is 0 Å². The Hall–Kier alpha value is -1.97. The van der Waals surface area contributed by atoms with E-state index in [1.54, 1.807) is 12.3 Å². The van der Waals surface area contributed by atoms with Crippen LogP contribution in [0.3, 0.4) is 0 Å². The fourth-order valence-electron chi connectivity index (χ4n) is 1.75. The van der Waals surface area contributed by atoms with Gasteiger partial charge in [-0.1, -0.05) is 0 Å². The molecule has 76 valence electrons. The van der Waals surface area contributed by atoms with Crippen molar-refractivity contribution in [3.63, 3.8) is 0 Å².